The van der Waals surface area contributed by atoms with Gasteiger partial charge in [-0.05, 0) is 6.92 Å². The summed E-state index contributed by atoms with van der Waals surface area (Å²) in [5, 5.41) is 30.7. The fraction of sp³-hybridized carbons (Fsp3) is 1.00. The fourth-order valence-corrected chi connectivity index (χ4v) is 3.34. The second kappa shape index (κ2) is 3.96. The highest BCUT2D eigenvalue weighted by Crippen LogP contribution is 2.31. The molecule has 0 radical (unpaired) electrons. The molecule has 6 heteroatoms. The normalized spacial score (nSPS) is 53.1. The summed E-state index contributed by atoms with van der Waals surface area (Å²) in [4.78, 5) is 0. The van der Waals surface area contributed by atoms with Crippen LogP contribution in [-0.2, 0) is 4.74 Å². The van der Waals surface area contributed by atoms with Crippen LogP contribution in [0.4, 0.5) is 0 Å². The van der Waals surface area contributed by atoms with Gasteiger partial charge in [0.25, 0.3) is 0 Å². The molecule has 5 N–H and O–H groups in total. The van der Waals surface area contributed by atoms with Crippen LogP contribution in [0.2, 0.25) is 0 Å². The standard InChI is InChI=1S/C8H15NO4S/c1-3-9-5-7(12)6(11)4(2-10)13-8(5)14-3/h3-12H,2H2,1H3/p+1/t3-,4+,5+,6-,7+,8+/m0/s1. The molecule has 0 aromatic rings. The second-order valence-corrected chi connectivity index (χ2v) is 5.30. The van der Waals surface area contributed by atoms with E-state index < -0.39 is 18.3 Å². The Balaban J connectivity index is 2.09. The quantitative estimate of drug-likeness (QED) is 0.392. The van der Waals surface area contributed by atoms with E-state index in [0.717, 1.165) is 0 Å². The predicted molar refractivity (Wildman–Crippen MR) is 50.5 cm³/mol. The highest BCUT2D eigenvalue weighted by atomic mass is 32.2. The van der Waals surface area contributed by atoms with Gasteiger partial charge in [0.2, 0.25) is 0 Å². The molecule has 2 rings (SSSR count). The predicted octanol–water partition coefficient (Wildman–Crippen LogP) is -2.55. The van der Waals surface area contributed by atoms with Gasteiger partial charge in [0.05, 0.1) is 6.61 Å². The van der Waals surface area contributed by atoms with Crippen molar-refractivity contribution in [3.8, 4) is 0 Å². The molecule has 82 valence electrons. The molecule has 0 amide bonds. The van der Waals surface area contributed by atoms with Crippen molar-refractivity contribution < 1.29 is 25.4 Å². The lowest BCUT2D eigenvalue weighted by Gasteiger charge is -2.36. The van der Waals surface area contributed by atoms with E-state index in [1.165, 1.54) is 0 Å². The zero-order valence-corrected chi connectivity index (χ0v) is 8.72. The Morgan fingerprint density at radius 1 is 1.36 bits per heavy atom. The third-order valence-corrected chi connectivity index (χ3v) is 4.05. The molecule has 2 fully saturated rings. The van der Waals surface area contributed by atoms with Crippen LogP contribution in [0.3, 0.4) is 0 Å². The first-order valence-electron chi connectivity index (χ1n) is 4.76. The number of nitrogens with two attached hydrogens (primary N) is 1. The molecular weight excluding hydrogens is 206 g/mol. The van der Waals surface area contributed by atoms with Crippen molar-refractivity contribution in [2.45, 2.75) is 42.1 Å². The Labute approximate surface area is 86.5 Å². The van der Waals surface area contributed by atoms with Gasteiger partial charge in [-0.1, -0.05) is 11.8 Å². The van der Waals surface area contributed by atoms with Gasteiger partial charge in [0.15, 0.2) is 11.5 Å². The maximum absolute atomic E-state index is 9.78. The topological polar surface area (TPSA) is 86.5 Å². The molecule has 0 bridgehead atoms. The highest BCUT2D eigenvalue weighted by Gasteiger charge is 2.51. The molecule has 0 unspecified atom stereocenters. The monoisotopic (exact) mass is 222 g/mol. The van der Waals surface area contributed by atoms with Gasteiger partial charge in [-0.3, -0.25) is 0 Å². The zero-order chi connectivity index (χ0) is 10.3. The van der Waals surface area contributed by atoms with Crippen LogP contribution in [0.25, 0.3) is 0 Å². The van der Waals surface area contributed by atoms with Gasteiger partial charge in [0.1, 0.15) is 23.7 Å². The summed E-state index contributed by atoms with van der Waals surface area (Å²) >= 11 is 1.61. The summed E-state index contributed by atoms with van der Waals surface area (Å²) in [6.07, 6.45) is -2.45. The van der Waals surface area contributed by atoms with Crippen molar-refractivity contribution >= 4 is 11.8 Å². The minimum absolute atomic E-state index is 0.118. The lowest BCUT2D eigenvalue weighted by molar-refractivity contribution is -0.705. The molecule has 6 atom stereocenters. The Bertz CT molecular complexity index is 216. The van der Waals surface area contributed by atoms with Crippen molar-refractivity contribution in [2.75, 3.05) is 6.61 Å². The van der Waals surface area contributed by atoms with E-state index in [1.54, 1.807) is 11.8 Å². The molecule has 2 aliphatic heterocycles. The molecule has 2 aliphatic rings. The number of hydrogen-bond donors (Lipinski definition) is 4. The average Bonchev–Trinajstić information content (AvgIpc) is 2.52. The van der Waals surface area contributed by atoms with E-state index >= 15 is 0 Å². The molecule has 2 saturated heterocycles. The van der Waals surface area contributed by atoms with E-state index in [9.17, 15) is 10.2 Å². The van der Waals surface area contributed by atoms with Crippen molar-refractivity contribution in [2.24, 2.45) is 0 Å². The number of rotatable bonds is 1. The van der Waals surface area contributed by atoms with Gasteiger partial charge in [-0.25, -0.2) is 0 Å². The number of fused-ring (bicyclic) bond motifs is 1. The van der Waals surface area contributed by atoms with Crippen molar-refractivity contribution in [3.63, 3.8) is 0 Å². The molecule has 0 aromatic carbocycles. The van der Waals surface area contributed by atoms with E-state index in [4.69, 9.17) is 9.84 Å². The largest absolute Gasteiger partial charge is 0.394 e. The maximum Gasteiger partial charge on any atom is 0.163 e. The van der Waals surface area contributed by atoms with E-state index in [-0.39, 0.29) is 18.1 Å². The molecule has 0 aromatic heterocycles. The number of ether oxygens (including phenoxy) is 1. The highest BCUT2D eigenvalue weighted by molar-refractivity contribution is 8.00. The van der Waals surface area contributed by atoms with Gasteiger partial charge in [-0.2, -0.15) is 0 Å². The van der Waals surface area contributed by atoms with Gasteiger partial charge < -0.3 is 25.4 Å². The molecule has 2 heterocycles. The first-order chi connectivity index (χ1) is 6.63. The third kappa shape index (κ3) is 1.66. The minimum atomic E-state index is -0.983. The Morgan fingerprint density at radius 3 is 2.71 bits per heavy atom. The van der Waals surface area contributed by atoms with Crippen LogP contribution in [0, 0.1) is 0 Å². The first-order valence-corrected chi connectivity index (χ1v) is 5.70. The summed E-state index contributed by atoms with van der Waals surface area (Å²) < 4.78 is 5.48. The fourth-order valence-electron chi connectivity index (χ4n) is 2.00. The van der Waals surface area contributed by atoms with Gasteiger partial charge in [0, 0.05) is 0 Å². The lowest BCUT2D eigenvalue weighted by atomic mass is 9.98. The molecule has 0 aliphatic carbocycles. The number of aliphatic hydroxyl groups is 3. The molecule has 0 spiro atoms. The third-order valence-electron chi connectivity index (χ3n) is 2.77. The smallest absolute Gasteiger partial charge is 0.163 e. The van der Waals surface area contributed by atoms with Crippen LogP contribution < -0.4 is 5.32 Å². The van der Waals surface area contributed by atoms with Gasteiger partial charge in [-0.15, -0.1) is 0 Å². The van der Waals surface area contributed by atoms with Crippen molar-refractivity contribution in [1.29, 1.82) is 0 Å². The molecule has 5 nitrogen and oxygen atoms in total. The van der Waals surface area contributed by atoms with E-state index in [2.05, 4.69) is 0 Å². The number of thioether (sulfide) groups is 1. The van der Waals surface area contributed by atoms with Crippen LogP contribution in [0.5, 0.6) is 0 Å². The Morgan fingerprint density at radius 2 is 2.07 bits per heavy atom. The number of hydrogen-bond acceptors (Lipinski definition) is 5. The Hall–Kier alpha value is 0.150. The van der Waals surface area contributed by atoms with E-state index in [1.807, 2.05) is 12.2 Å². The first kappa shape index (κ1) is 10.7. The van der Waals surface area contributed by atoms with Crippen LogP contribution in [0.1, 0.15) is 6.92 Å². The van der Waals surface area contributed by atoms with Crippen LogP contribution in [0.15, 0.2) is 0 Å². The molecular formula is C8H16NO4S+. The Kier molecular flexibility index (Phi) is 3.01. The second-order valence-electron chi connectivity index (χ2n) is 3.82. The number of aliphatic hydroxyl groups excluding tert-OH is 3. The van der Waals surface area contributed by atoms with Crippen LogP contribution in [-0.4, -0.2) is 57.1 Å². The minimum Gasteiger partial charge on any atom is -0.394 e. The summed E-state index contributed by atoms with van der Waals surface area (Å²) in [6, 6.07) is -0.118. The maximum atomic E-state index is 9.78. The number of quaternary nitrogens is 1. The van der Waals surface area contributed by atoms with E-state index in [0.29, 0.717) is 5.37 Å². The summed E-state index contributed by atoms with van der Waals surface area (Å²) in [5.74, 6) is 0. The van der Waals surface area contributed by atoms with Crippen LogP contribution >= 0.6 is 11.8 Å². The zero-order valence-electron chi connectivity index (χ0n) is 7.91. The van der Waals surface area contributed by atoms with Gasteiger partial charge >= 0.3 is 0 Å². The summed E-state index contributed by atoms with van der Waals surface area (Å²) in [5.41, 5.74) is -0.124. The van der Waals surface area contributed by atoms with Crippen molar-refractivity contribution in [1.82, 2.24) is 0 Å². The lowest BCUT2D eigenvalue weighted by Crippen LogP contribution is -2.95. The summed E-state index contributed by atoms with van der Waals surface area (Å²) in [7, 11) is 0. The van der Waals surface area contributed by atoms with Crippen molar-refractivity contribution in [3.05, 3.63) is 0 Å². The molecule has 14 heavy (non-hydrogen) atoms. The SMILES string of the molecule is C[C@H]1[NH2+][C@@H]2[C@@H](O)[C@@H](O)[C@@H](CO)O[C@@H]2S1. The molecule has 0 saturated carbocycles. The average molecular weight is 222 g/mol. The summed E-state index contributed by atoms with van der Waals surface area (Å²) in [6.45, 7) is 1.77.